The van der Waals surface area contributed by atoms with Crippen LogP contribution >= 0.6 is 0 Å². The van der Waals surface area contributed by atoms with Crippen molar-refractivity contribution in [1.29, 1.82) is 0 Å². The van der Waals surface area contributed by atoms with Crippen LogP contribution in [0, 0.1) is 0 Å². The molecule has 2 aromatic carbocycles. The monoisotopic (exact) mass is 364 g/mol. The van der Waals surface area contributed by atoms with Gasteiger partial charge >= 0.3 is 0 Å². The van der Waals surface area contributed by atoms with Crippen molar-refractivity contribution in [2.45, 2.75) is 44.6 Å². The van der Waals surface area contributed by atoms with Crippen LogP contribution in [-0.2, 0) is 6.42 Å². The van der Waals surface area contributed by atoms with Gasteiger partial charge in [0.1, 0.15) is 0 Å². The highest BCUT2D eigenvalue weighted by molar-refractivity contribution is 6.03. The molecule has 1 atom stereocenters. The predicted molar refractivity (Wildman–Crippen MR) is 114 cm³/mol. The topological polar surface area (TPSA) is 23.6 Å². The highest BCUT2D eigenvalue weighted by Crippen LogP contribution is 2.29. The number of carbonyl (C=O) groups excluding carboxylic acids is 1. The highest BCUT2D eigenvalue weighted by atomic mass is 16.1. The molecule has 0 N–H and O–H groups in total. The lowest BCUT2D eigenvalue weighted by Crippen LogP contribution is -2.52. The first-order valence-corrected chi connectivity index (χ1v) is 10.2. The fourth-order valence-corrected chi connectivity index (χ4v) is 4.22. The smallest absolute Gasteiger partial charge is 0.183 e. The molecular formula is C24H32N2O. The standard InChI is InChI=1S/C24H32N2O/c1-4-24(25(2)3,19-20-11-7-5-8-12-20)23(27)21-13-15-22(16-14-21)26-17-9-6-10-18-26/h5,7-8,11-16H,4,6,9-10,17-19H2,1-3H3. The van der Waals surface area contributed by atoms with Gasteiger partial charge in [-0.1, -0.05) is 37.3 Å². The molecule has 144 valence electrons. The van der Waals surface area contributed by atoms with Crippen LogP contribution in [0.2, 0.25) is 0 Å². The molecule has 1 aliphatic rings. The van der Waals surface area contributed by atoms with Crippen molar-refractivity contribution in [3.63, 3.8) is 0 Å². The van der Waals surface area contributed by atoms with Crippen LogP contribution in [0.4, 0.5) is 5.69 Å². The molecule has 1 heterocycles. The van der Waals surface area contributed by atoms with Crippen LogP contribution in [-0.4, -0.2) is 43.4 Å². The summed E-state index contributed by atoms with van der Waals surface area (Å²) < 4.78 is 0. The van der Waals surface area contributed by atoms with Crippen LogP contribution in [0.3, 0.4) is 0 Å². The van der Waals surface area contributed by atoms with Crippen molar-refractivity contribution >= 4 is 11.5 Å². The van der Waals surface area contributed by atoms with Crippen molar-refractivity contribution in [2.24, 2.45) is 0 Å². The van der Waals surface area contributed by atoms with Crippen LogP contribution in [0.15, 0.2) is 54.6 Å². The second-order valence-corrected chi connectivity index (χ2v) is 7.87. The maximum absolute atomic E-state index is 13.6. The molecular weight excluding hydrogens is 332 g/mol. The first-order chi connectivity index (χ1) is 13.1. The van der Waals surface area contributed by atoms with Gasteiger partial charge in [-0.3, -0.25) is 9.69 Å². The number of ketones is 1. The number of hydrogen-bond donors (Lipinski definition) is 0. The summed E-state index contributed by atoms with van der Waals surface area (Å²) in [6, 6.07) is 18.6. The van der Waals surface area contributed by atoms with Crippen molar-refractivity contribution in [3.8, 4) is 0 Å². The van der Waals surface area contributed by atoms with Crippen molar-refractivity contribution in [1.82, 2.24) is 4.90 Å². The van der Waals surface area contributed by atoms with Crippen LogP contribution in [0.5, 0.6) is 0 Å². The summed E-state index contributed by atoms with van der Waals surface area (Å²) in [6.45, 7) is 4.36. The number of rotatable bonds is 7. The van der Waals surface area contributed by atoms with Gasteiger partial charge in [0.2, 0.25) is 0 Å². The normalized spacial score (nSPS) is 17.0. The Morgan fingerprint density at radius 3 is 2.15 bits per heavy atom. The van der Waals surface area contributed by atoms with E-state index in [1.54, 1.807) is 0 Å². The number of anilines is 1. The van der Waals surface area contributed by atoms with E-state index in [4.69, 9.17) is 0 Å². The van der Waals surface area contributed by atoms with E-state index in [-0.39, 0.29) is 5.78 Å². The van der Waals surface area contributed by atoms with Gasteiger partial charge in [-0.15, -0.1) is 0 Å². The summed E-state index contributed by atoms with van der Waals surface area (Å²) in [6.07, 6.45) is 5.36. The Morgan fingerprint density at radius 2 is 1.59 bits per heavy atom. The summed E-state index contributed by atoms with van der Waals surface area (Å²) in [7, 11) is 4.04. The summed E-state index contributed by atoms with van der Waals surface area (Å²) in [5.74, 6) is 0.212. The molecule has 3 heteroatoms. The lowest BCUT2D eigenvalue weighted by molar-refractivity contribution is 0.0666. The lowest BCUT2D eigenvalue weighted by atomic mass is 9.80. The zero-order chi connectivity index (χ0) is 19.3. The molecule has 3 nitrogen and oxygen atoms in total. The number of likely N-dealkylation sites (N-methyl/N-ethyl adjacent to an activating group) is 1. The van der Waals surface area contributed by atoms with E-state index in [9.17, 15) is 4.79 Å². The molecule has 0 spiro atoms. The van der Waals surface area contributed by atoms with Gasteiger partial charge in [0, 0.05) is 24.3 Å². The zero-order valence-corrected chi connectivity index (χ0v) is 16.9. The van der Waals surface area contributed by atoms with E-state index >= 15 is 0 Å². The summed E-state index contributed by atoms with van der Waals surface area (Å²) >= 11 is 0. The fourth-order valence-electron chi connectivity index (χ4n) is 4.22. The minimum absolute atomic E-state index is 0.212. The van der Waals surface area contributed by atoms with Gasteiger partial charge in [0.25, 0.3) is 0 Å². The van der Waals surface area contributed by atoms with Crippen LogP contribution in [0.25, 0.3) is 0 Å². The van der Waals surface area contributed by atoms with E-state index in [0.717, 1.165) is 31.5 Å². The molecule has 0 aliphatic carbocycles. The Morgan fingerprint density at radius 1 is 0.963 bits per heavy atom. The van der Waals surface area contributed by atoms with E-state index in [2.05, 4.69) is 41.0 Å². The Bertz CT molecular complexity index is 733. The van der Waals surface area contributed by atoms with Gasteiger partial charge in [0.15, 0.2) is 5.78 Å². The third-order valence-corrected chi connectivity index (χ3v) is 6.05. The number of hydrogen-bond acceptors (Lipinski definition) is 3. The number of carbonyl (C=O) groups is 1. The molecule has 27 heavy (non-hydrogen) atoms. The van der Waals surface area contributed by atoms with Gasteiger partial charge in [-0.2, -0.15) is 0 Å². The first-order valence-electron chi connectivity index (χ1n) is 10.2. The summed E-state index contributed by atoms with van der Waals surface area (Å²) in [5, 5.41) is 0. The Kier molecular flexibility index (Phi) is 6.33. The zero-order valence-electron chi connectivity index (χ0n) is 16.9. The quantitative estimate of drug-likeness (QED) is 0.659. The second kappa shape index (κ2) is 8.71. The number of piperidine rings is 1. The third-order valence-electron chi connectivity index (χ3n) is 6.05. The fraction of sp³-hybridized carbons (Fsp3) is 0.458. The molecule has 1 unspecified atom stereocenters. The molecule has 0 amide bonds. The minimum Gasteiger partial charge on any atom is -0.372 e. The maximum atomic E-state index is 13.6. The second-order valence-electron chi connectivity index (χ2n) is 7.87. The Hall–Kier alpha value is -2.13. The van der Waals surface area contributed by atoms with Crippen molar-refractivity contribution in [2.75, 3.05) is 32.1 Å². The molecule has 1 saturated heterocycles. The summed E-state index contributed by atoms with van der Waals surface area (Å²) in [4.78, 5) is 18.1. The first kappa shape index (κ1) is 19.6. The highest BCUT2D eigenvalue weighted by Gasteiger charge is 2.39. The largest absolute Gasteiger partial charge is 0.372 e. The maximum Gasteiger partial charge on any atom is 0.183 e. The number of Topliss-reactive ketones (excluding diaryl/α,β-unsaturated/α-hetero) is 1. The average Bonchev–Trinajstić information content (AvgIpc) is 2.73. The molecule has 0 radical (unpaired) electrons. The van der Waals surface area contributed by atoms with Gasteiger partial charge in [-0.05, 0) is 76.0 Å². The summed E-state index contributed by atoms with van der Waals surface area (Å²) in [5.41, 5.74) is 2.73. The van der Waals surface area contributed by atoms with Gasteiger partial charge < -0.3 is 4.90 Å². The van der Waals surface area contributed by atoms with Crippen LogP contribution < -0.4 is 4.90 Å². The molecule has 0 saturated carbocycles. The van der Waals surface area contributed by atoms with E-state index < -0.39 is 5.54 Å². The molecule has 2 aromatic rings. The van der Waals surface area contributed by atoms with Crippen molar-refractivity contribution in [3.05, 3.63) is 65.7 Å². The molecule has 0 bridgehead atoms. The van der Waals surface area contributed by atoms with Crippen molar-refractivity contribution < 1.29 is 4.79 Å². The Labute approximate surface area is 164 Å². The lowest BCUT2D eigenvalue weighted by Gasteiger charge is -2.38. The number of benzene rings is 2. The Balaban J connectivity index is 1.85. The molecule has 0 aromatic heterocycles. The molecule has 3 rings (SSSR count). The molecule has 1 aliphatic heterocycles. The SMILES string of the molecule is CCC(Cc1ccccc1)(C(=O)c1ccc(N2CCCCC2)cc1)N(C)C. The van der Waals surface area contributed by atoms with E-state index in [0.29, 0.717) is 0 Å². The van der Waals surface area contributed by atoms with E-state index in [1.807, 2.05) is 44.4 Å². The van der Waals surface area contributed by atoms with Gasteiger partial charge in [0.05, 0.1) is 5.54 Å². The minimum atomic E-state index is -0.520. The third kappa shape index (κ3) is 4.24. The predicted octanol–water partition coefficient (Wildman–Crippen LogP) is 4.81. The average molecular weight is 365 g/mol. The number of nitrogens with zero attached hydrogens (tertiary/aromatic N) is 2. The molecule has 1 fully saturated rings. The van der Waals surface area contributed by atoms with Crippen LogP contribution in [0.1, 0.15) is 48.5 Å². The van der Waals surface area contributed by atoms with Gasteiger partial charge in [-0.25, -0.2) is 0 Å². The van der Waals surface area contributed by atoms with E-state index in [1.165, 1.54) is 30.5 Å².